The lowest BCUT2D eigenvalue weighted by Crippen LogP contribution is -2.39. The van der Waals surface area contributed by atoms with E-state index in [4.69, 9.17) is 5.11 Å². The highest BCUT2D eigenvalue weighted by Gasteiger charge is 2.15. The van der Waals surface area contributed by atoms with Gasteiger partial charge in [0.2, 0.25) is 5.91 Å². The number of carbonyl (C=O) groups is 1. The fourth-order valence-electron chi connectivity index (χ4n) is 1.48. The van der Waals surface area contributed by atoms with Crippen LogP contribution in [0.25, 0.3) is 0 Å². The van der Waals surface area contributed by atoms with Crippen LogP contribution in [-0.4, -0.2) is 49.9 Å². The Morgan fingerprint density at radius 1 is 1.56 bits per heavy atom. The molecule has 1 aromatic rings. The molecule has 0 aliphatic carbocycles. The van der Waals surface area contributed by atoms with E-state index in [1.807, 2.05) is 13.8 Å². The molecule has 90 valence electrons. The number of aliphatic hydroxyl groups excluding tert-OH is 1. The van der Waals surface area contributed by atoms with Crippen molar-refractivity contribution in [3.63, 3.8) is 0 Å². The molecular weight excluding hydrogens is 208 g/mol. The Morgan fingerprint density at radius 3 is 2.81 bits per heavy atom. The lowest BCUT2D eigenvalue weighted by molar-refractivity contribution is -0.133. The number of nitrogens with zero attached hydrogens (tertiary/aromatic N) is 4. The number of hydrogen-bond acceptors (Lipinski definition) is 4. The Labute approximate surface area is 94.9 Å². The van der Waals surface area contributed by atoms with Crippen LogP contribution in [0, 0.1) is 0 Å². The zero-order valence-corrected chi connectivity index (χ0v) is 9.70. The largest absolute Gasteiger partial charge is 0.395 e. The van der Waals surface area contributed by atoms with Crippen molar-refractivity contribution in [3.8, 4) is 0 Å². The molecule has 0 unspecified atom stereocenters. The molecule has 0 spiro atoms. The minimum atomic E-state index is -0.00670. The average molecular weight is 226 g/mol. The van der Waals surface area contributed by atoms with E-state index < -0.39 is 0 Å². The number of aromatic nitrogens is 3. The van der Waals surface area contributed by atoms with Crippen LogP contribution in [0.3, 0.4) is 0 Å². The third-order valence-electron chi connectivity index (χ3n) is 2.31. The molecule has 6 nitrogen and oxygen atoms in total. The highest BCUT2D eigenvalue weighted by molar-refractivity contribution is 5.76. The van der Waals surface area contributed by atoms with Gasteiger partial charge in [-0.1, -0.05) is 0 Å². The lowest BCUT2D eigenvalue weighted by atomic mass is 10.2. The van der Waals surface area contributed by atoms with Crippen LogP contribution < -0.4 is 0 Å². The topological polar surface area (TPSA) is 71.2 Å². The van der Waals surface area contributed by atoms with E-state index in [1.54, 1.807) is 15.9 Å². The van der Waals surface area contributed by atoms with Crippen molar-refractivity contribution in [3.05, 3.63) is 12.7 Å². The number of aryl methyl sites for hydroxylation is 1. The summed E-state index contributed by atoms with van der Waals surface area (Å²) in [5.41, 5.74) is 0. The van der Waals surface area contributed by atoms with Crippen molar-refractivity contribution < 1.29 is 9.90 Å². The van der Waals surface area contributed by atoms with Gasteiger partial charge in [0.1, 0.15) is 12.7 Å². The Morgan fingerprint density at radius 2 is 2.31 bits per heavy atom. The predicted octanol–water partition coefficient (Wildman–Crippen LogP) is -0.103. The molecule has 0 aliphatic heterocycles. The molecule has 1 amide bonds. The summed E-state index contributed by atoms with van der Waals surface area (Å²) in [6, 6.07) is 0.107. The number of rotatable bonds is 6. The second kappa shape index (κ2) is 6.22. The second-order valence-corrected chi connectivity index (χ2v) is 3.81. The van der Waals surface area contributed by atoms with E-state index in [0.717, 1.165) is 0 Å². The SMILES string of the molecule is CC(C)N(CCO)C(=O)CCn1cncn1. The Bertz CT molecular complexity index is 311. The Hall–Kier alpha value is -1.43. The minimum absolute atomic E-state index is 0.00670. The van der Waals surface area contributed by atoms with Crippen LogP contribution in [0.15, 0.2) is 12.7 Å². The predicted molar refractivity (Wildman–Crippen MR) is 58.6 cm³/mol. The third-order valence-corrected chi connectivity index (χ3v) is 2.31. The van der Waals surface area contributed by atoms with Gasteiger partial charge in [-0.25, -0.2) is 4.98 Å². The van der Waals surface area contributed by atoms with Crippen molar-refractivity contribution in [2.24, 2.45) is 0 Å². The molecule has 1 heterocycles. The molecule has 1 N–H and O–H groups in total. The van der Waals surface area contributed by atoms with Crippen molar-refractivity contribution >= 4 is 5.91 Å². The maximum atomic E-state index is 11.8. The third kappa shape index (κ3) is 3.62. The van der Waals surface area contributed by atoms with Crippen LogP contribution in [0.2, 0.25) is 0 Å². The zero-order valence-electron chi connectivity index (χ0n) is 9.70. The van der Waals surface area contributed by atoms with Gasteiger partial charge in [-0.3, -0.25) is 9.48 Å². The van der Waals surface area contributed by atoms with Crippen molar-refractivity contribution in [2.45, 2.75) is 32.9 Å². The van der Waals surface area contributed by atoms with Crippen LogP contribution in [0.4, 0.5) is 0 Å². The monoisotopic (exact) mass is 226 g/mol. The molecule has 6 heteroatoms. The van der Waals surface area contributed by atoms with Gasteiger partial charge < -0.3 is 10.0 Å². The highest BCUT2D eigenvalue weighted by Crippen LogP contribution is 2.02. The fourth-order valence-corrected chi connectivity index (χ4v) is 1.48. The molecule has 0 atom stereocenters. The molecule has 0 saturated carbocycles. The van der Waals surface area contributed by atoms with E-state index in [2.05, 4.69) is 10.1 Å². The van der Waals surface area contributed by atoms with Crippen LogP contribution in [-0.2, 0) is 11.3 Å². The second-order valence-electron chi connectivity index (χ2n) is 3.81. The van der Waals surface area contributed by atoms with Crippen LogP contribution in [0.5, 0.6) is 0 Å². The number of amides is 1. The summed E-state index contributed by atoms with van der Waals surface area (Å²) in [7, 11) is 0. The molecule has 0 aliphatic rings. The summed E-state index contributed by atoms with van der Waals surface area (Å²) in [4.78, 5) is 17.3. The summed E-state index contributed by atoms with van der Waals surface area (Å²) in [6.07, 6.45) is 3.40. The normalized spacial score (nSPS) is 10.8. The molecule has 0 aromatic carbocycles. The number of carbonyl (C=O) groups excluding carboxylic acids is 1. The van der Waals surface area contributed by atoms with E-state index in [-0.39, 0.29) is 18.6 Å². The molecule has 16 heavy (non-hydrogen) atoms. The van der Waals surface area contributed by atoms with Gasteiger partial charge in [0.15, 0.2) is 0 Å². The Balaban J connectivity index is 2.43. The van der Waals surface area contributed by atoms with Crippen molar-refractivity contribution in [1.29, 1.82) is 0 Å². The van der Waals surface area contributed by atoms with Gasteiger partial charge >= 0.3 is 0 Å². The van der Waals surface area contributed by atoms with Gasteiger partial charge in [-0.15, -0.1) is 0 Å². The molecule has 1 aromatic heterocycles. The van der Waals surface area contributed by atoms with Gasteiger partial charge in [0.05, 0.1) is 13.2 Å². The van der Waals surface area contributed by atoms with E-state index in [9.17, 15) is 4.79 Å². The fraction of sp³-hybridized carbons (Fsp3) is 0.700. The first kappa shape index (κ1) is 12.6. The van der Waals surface area contributed by atoms with Crippen LogP contribution >= 0.6 is 0 Å². The standard InChI is InChI=1S/C10H18N4O2/c1-9(2)14(5-6-15)10(16)3-4-13-8-11-7-12-13/h7-9,15H,3-6H2,1-2H3. The zero-order chi connectivity index (χ0) is 12.0. The van der Waals surface area contributed by atoms with Gasteiger partial charge in [-0.2, -0.15) is 5.10 Å². The summed E-state index contributed by atoms with van der Waals surface area (Å²) in [6.45, 7) is 4.76. The van der Waals surface area contributed by atoms with Gasteiger partial charge in [0, 0.05) is 19.0 Å². The molecule has 0 fully saturated rings. The van der Waals surface area contributed by atoms with E-state index >= 15 is 0 Å². The Kier molecular flexibility index (Phi) is 4.91. The maximum absolute atomic E-state index is 11.8. The average Bonchev–Trinajstić information content (AvgIpc) is 2.75. The summed E-state index contributed by atoms with van der Waals surface area (Å²) < 4.78 is 1.62. The number of aliphatic hydroxyl groups is 1. The molecular formula is C10H18N4O2. The lowest BCUT2D eigenvalue weighted by Gasteiger charge is -2.25. The van der Waals surface area contributed by atoms with Gasteiger partial charge in [0.25, 0.3) is 0 Å². The van der Waals surface area contributed by atoms with Crippen molar-refractivity contribution in [2.75, 3.05) is 13.2 Å². The first-order valence-corrected chi connectivity index (χ1v) is 5.38. The first-order valence-electron chi connectivity index (χ1n) is 5.38. The number of hydrogen-bond donors (Lipinski definition) is 1. The smallest absolute Gasteiger partial charge is 0.224 e. The summed E-state index contributed by atoms with van der Waals surface area (Å²) >= 11 is 0. The summed E-state index contributed by atoms with van der Waals surface area (Å²) in [5, 5.41) is 12.8. The van der Waals surface area contributed by atoms with E-state index in [0.29, 0.717) is 19.5 Å². The molecule has 1 rings (SSSR count). The first-order chi connectivity index (χ1) is 7.65. The summed E-state index contributed by atoms with van der Waals surface area (Å²) in [5.74, 6) is 0.0274. The highest BCUT2D eigenvalue weighted by atomic mass is 16.3. The van der Waals surface area contributed by atoms with E-state index in [1.165, 1.54) is 6.33 Å². The van der Waals surface area contributed by atoms with Crippen molar-refractivity contribution in [1.82, 2.24) is 19.7 Å². The van der Waals surface area contributed by atoms with Gasteiger partial charge in [-0.05, 0) is 13.8 Å². The maximum Gasteiger partial charge on any atom is 0.224 e. The minimum Gasteiger partial charge on any atom is -0.395 e. The molecule has 0 radical (unpaired) electrons. The quantitative estimate of drug-likeness (QED) is 0.735. The molecule has 0 bridgehead atoms. The molecule has 0 saturated heterocycles. The van der Waals surface area contributed by atoms with Crippen LogP contribution in [0.1, 0.15) is 20.3 Å².